The molecular weight excluding hydrogens is 306 g/mol. The fourth-order valence-corrected chi connectivity index (χ4v) is 2.61. The lowest BCUT2D eigenvalue weighted by Gasteiger charge is -2.16. The molecule has 1 aromatic carbocycles. The summed E-state index contributed by atoms with van der Waals surface area (Å²) >= 11 is 5.94. The number of aryl methyl sites for hydroxylation is 1. The van der Waals surface area contributed by atoms with Gasteiger partial charge in [-0.1, -0.05) is 22.8 Å². The van der Waals surface area contributed by atoms with Crippen LogP contribution in [0.5, 0.6) is 0 Å². The van der Waals surface area contributed by atoms with Gasteiger partial charge in [-0.2, -0.15) is 0 Å². The molecule has 6 nitrogen and oxygen atoms in total. The summed E-state index contributed by atoms with van der Waals surface area (Å²) < 4.78 is 4.90. The van der Waals surface area contributed by atoms with Crippen LogP contribution in [0.1, 0.15) is 12.2 Å². The first kappa shape index (κ1) is 14.6. The van der Waals surface area contributed by atoms with Gasteiger partial charge in [-0.25, -0.2) is 0 Å². The zero-order chi connectivity index (χ0) is 15.7. The summed E-state index contributed by atoms with van der Waals surface area (Å²) in [5, 5.41) is 6.92. The highest BCUT2D eigenvalue weighted by Crippen LogP contribution is 2.27. The second-order valence-electron chi connectivity index (χ2n) is 5.20. The average Bonchev–Trinajstić information content (AvgIpc) is 3.05. The molecule has 0 bridgehead atoms. The molecule has 0 saturated carbocycles. The van der Waals surface area contributed by atoms with Crippen molar-refractivity contribution in [3.63, 3.8) is 0 Å². The van der Waals surface area contributed by atoms with Gasteiger partial charge in [0, 0.05) is 29.7 Å². The largest absolute Gasteiger partial charge is 0.360 e. The van der Waals surface area contributed by atoms with Crippen molar-refractivity contribution >= 4 is 34.9 Å². The minimum absolute atomic E-state index is 0.0984. The van der Waals surface area contributed by atoms with E-state index in [2.05, 4.69) is 10.5 Å². The average molecular weight is 320 g/mol. The highest BCUT2D eigenvalue weighted by molar-refractivity contribution is 6.31. The smallest absolute Gasteiger partial charge is 0.231 e. The fraction of sp³-hybridized carbons (Fsp3) is 0.267. The van der Waals surface area contributed by atoms with Crippen molar-refractivity contribution in [2.45, 2.75) is 13.3 Å². The molecule has 1 aliphatic rings. The van der Waals surface area contributed by atoms with Crippen LogP contribution in [0.15, 0.2) is 34.9 Å². The summed E-state index contributed by atoms with van der Waals surface area (Å²) in [5.74, 6) is 0.197. The Morgan fingerprint density at radius 1 is 1.45 bits per heavy atom. The molecule has 0 spiro atoms. The van der Waals surface area contributed by atoms with E-state index in [9.17, 15) is 9.59 Å². The van der Waals surface area contributed by atoms with Crippen LogP contribution >= 0.6 is 11.6 Å². The van der Waals surface area contributed by atoms with Gasteiger partial charge >= 0.3 is 0 Å². The Bertz CT molecular complexity index is 728. The zero-order valence-electron chi connectivity index (χ0n) is 11.9. The first-order valence-corrected chi connectivity index (χ1v) is 7.21. The predicted octanol–water partition coefficient (Wildman–Crippen LogP) is 2.63. The SMILES string of the molecule is Cc1cc(NC(=O)[C@@H]2CC(=O)N(c3cccc(Cl)c3)C2)no1. The van der Waals surface area contributed by atoms with Gasteiger partial charge in [0.15, 0.2) is 5.82 Å². The van der Waals surface area contributed by atoms with Gasteiger partial charge in [-0.3, -0.25) is 9.59 Å². The highest BCUT2D eigenvalue weighted by atomic mass is 35.5. The topological polar surface area (TPSA) is 75.4 Å². The minimum Gasteiger partial charge on any atom is -0.360 e. The number of nitrogens with zero attached hydrogens (tertiary/aromatic N) is 2. The van der Waals surface area contributed by atoms with E-state index >= 15 is 0 Å². The molecule has 1 N–H and O–H groups in total. The number of carbonyl (C=O) groups excluding carboxylic acids is 2. The molecule has 2 aromatic rings. The van der Waals surface area contributed by atoms with Gasteiger partial charge < -0.3 is 14.7 Å². The lowest BCUT2D eigenvalue weighted by Crippen LogP contribution is -2.28. The molecule has 1 saturated heterocycles. The van der Waals surface area contributed by atoms with Crippen molar-refractivity contribution in [1.29, 1.82) is 0 Å². The van der Waals surface area contributed by atoms with Gasteiger partial charge in [-0.15, -0.1) is 0 Å². The molecule has 0 unspecified atom stereocenters. The lowest BCUT2D eigenvalue weighted by molar-refractivity contribution is -0.122. The standard InChI is InChI=1S/C15H14ClN3O3/c1-9-5-13(18-22-9)17-15(21)10-6-14(20)19(8-10)12-4-2-3-11(16)7-12/h2-5,7,10H,6,8H2,1H3,(H,17,18,21)/t10-/m1/s1. The summed E-state index contributed by atoms with van der Waals surface area (Å²) in [5.41, 5.74) is 0.699. The zero-order valence-corrected chi connectivity index (χ0v) is 12.6. The van der Waals surface area contributed by atoms with E-state index in [-0.39, 0.29) is 18.2 Å². The number of benzene rings is 1. The number of carbonyl (C=O) groups is 2. The second kappa shape index (κ2) is 5.81. The summed E-state index contributed by atoms with van der Waals surface area (Å²) in [6, 6.07) is 8.65. The molecule has 7 heteroatoms. The molecule has 3 rings (SSSR count). The Kier molecular flexibility index (Phi) is 3.85. The van der Waals surface area contributed by atoms with Crippen molar-refractivity contribution in [1.82, 2.24) is 5.16 Å². The van der Waals surface area contributed by atoms with Crippen LogP contribution in [0.4, 0.5) is 11.5 Å². The third-order valence-corrected chi connectivity index (χ3v) is 3.73. The molecule has 0 aliphatic carbocycles. The number of hydrogen-bond acceptors (Lipinski definition) is 4. The van der Waals surface area contributed by atoms with Crippen molar-refractivity contribution in [2.75, 3.05) is 16.8 Å². The summed E-state index contributed by atoms with van der Waals surface area (Å²) in [6.07, 6.45) is 0.162. The third kappa shape index (κ3) is 2.96. The van der Waals surface area contributed by atoms with Crippen LogP contribution in [-0.4, -0.2) is 23.5 Å². The van der Waals surface area contributed by atoms with Gasteiger partial charge in [-0.05, 0) is 25.1 Å². The van der Waals surface area contributed by atoms with Crippen molar-refractivity contribution < 1.29 is 14.1 Å². The minimum atomic E-state index is -0.427. The van der Waals surface area contributed by atoms with Crippen molar-refractivity contribution in [3.05, 3.63) is 41.1 Å². The Morgan fingerprint density at radius 2 is 2.27 bits per heavy atom. The summed E-state index contributed by atoms with van der Waals surface area (Å²) in [6.45, 7) is 2.06. The Hall–Kier alpha value is -2.34. The number of rotatable bonds is 3. The quantitative estimate of drug-likeness (QED) is 0.943. The molecular formula is C15H14ClN3O3. The number of hydrogen-bond donors (Lipinski definition) is 1. The monoisotopic (exact) mass is 319 g/mol. The van der Waals surface area contributed by atoms with E-state index in [0.29, 0.717) is 28.8 Å². The van der Waals surface area contributed by atoms with E-state index in [4.69, 9.17) is 16.1 Å². The van der Waals surface area contributed by atoms with E-state index < -0.39 is 5.92 Å². The number of nitrogens with one attached hydrogen (secondary N) is 1. The maximum Gasteiger partial charge on any atom is 0.231 e. The predicted molar refractivity (Wildman–Crippen MR) is 81.8 cm³/mol. The summed E-state index contributed by atoms with van der Waals surface area (Å²) in [7, 11) is 0. The Balaban J connectivity index is 1.70. The van der Waals surface area contributed by atoms with Crippen LogP contribution in [0.25, 0.3) is 0 Å². The van der Waals surface area contributed by atoms with Crippen molar-refractivity contribution in [3.8, 4) is 0 Å². The molecule has 1 atom stereocenters. The van der Waals surface area contributed by atoms with Gasteiger partial charge in [0.1, 0.15) is 5.76 Å². The summed E-state index contributed by atoms with van der Waals surface area (Å²) in [4.78, 5) is 25.9. The maximum absolute atomic E-state index is 12.2. The normalized spacial score (nSPS) is 17.8. The highest BCUT2D eigenvalue weighted by Gasteiger charge is 2.35. The number of amides is 2. The van der Waals surface area contributed by atoms with E-state index in [1.54, 1.807) is 42.2 Å². The molecule has 2 amide bonds. The van der Waals surface area contributed by atoms with Crippen molar-refractivity contribution in [2.24, 2.45) is 5.92 Å². The van der Waals surface area contributed by atoms with Crippen LogP contribution in [0.3, 0.4) is 0 Å². The first-order valence-electron chi connectivity index (χ1n) is 6.83. The number of halogens is 1. The van der Waals surface area contributed by atoms with Crippen LogP contribution < -0.4 is 10.2 Å². The van der Waals surface area contributed by atoms with E-state index in [1.165, 1.54) is 0 Å². The number of aromatic nitrogens is 1. The van der Waals surface area contributed by atoms with Crippen LogP contribution in [0.2, 0.25) is 5.02 Å². The Morgan fingerprint density at radius 3 is 2.95 bits per heavy atom. The molecule has 2 heterocycles. The molecule has 0 radical (unpaired) electrons. The Labute approximate surface area is 132 Å². The second-order valence-corrected chi connectivity index (χ2v) is 5.63. The van der Waals surface area contributed by atoms with Crippen LogP contribution in [0, 0.1) is 12.8 Å². The molecule has 22 heavy (non-hydrogen) atoms. The maximum atomic E-state index is 12.2. The first-order chi connectivity index (χ1) is 10.5. The molecule has 1 fully saturated rings. The van der Waals surface area contributed by atoms with Gasteiger partial charge in [0.25, 0.3) is 0 Å². The van der Waals surface area contributed by atoms with Crippen LogP contribution in [-0.2, 0) is 9.59 Å². The fourth-order valence-electron chi connectivity index (χ4n) is 2.43. The lowest BCUT2D eigenvalue weighted by atomic mass is 10.1. The third-order valence-electron chi connectivity index (χ3n) is 3.49. The molecule has 114 valence electrons. The van der Waals surface area contributed by atoms with Gasteiger partial charge in [0.2, 0.25) is 11.8 Å². The molecule has 1 aliphatic heterocycles. The van der Waals surface area contributed by atoms with Gasteiger partial charge in [0.05, 0.1) is 5.92 Å². The van der Waals surface area contributed by atoms with E-state index in [0.717, 1.165) is 0 Å². The number of anilines is 2. The molecule has 1 aromatic heterocycles. The van der Waals surface area contributed by atoms with E-state index in [1.807, 2.05) is 0 Å².